The summed E-state index contributed by atoms with van der Waals surface area (Å²) in [6.07, 6.45) is 0.413. The third-order valence-electron chi connectivity index (χ3n) is 3.21. The monoisotopic (exact) mass is 248 g/mol. The smallest absolute Gasteiger partial charge is 0.264 e. The number of hydrogen-bond donors (Lipinski definition) is 2. The average Bonchev–Trinajstić information content (AvgIpc) is 2.91. The van der Waals surface area contributed by atoms with Crippen molar-refractivity contribution in [3.8, 4) is 11.5 Å². The Morgan fingerprint density at radius 1 is 1.33 bits per heavy atom. The Labute approximate surface area is 105 Å². The molecule has 5 heteroatoms. The maximum absolute atomic E-state index is 12.0. The Morgan fingerprint density at radius 2 is 2.17 bits per heavy atom. The van der Waals surface area contributed by atoms with Crippen LogP contribution in [0.4, 0.5) is 0 Å². The molecule has 0 spiro atoms. The van der Waals surface area contributed by atoms with E-state index in [0.29, 0.717) is 11.5 Å². The van der Waals surface area contributed by atoms with Crippen LogP contribution in [0.2, 0.25) is 0 Å². The summed E-state index contributed by atoms with van der Waals surface area (Å²) in [5.41, 5.74) is 0. The molecule has 18 heavy (non-hydrogen) atoms. The van der Waals surface area contributed by atoms with Gasteiger partial charge in [0.05, 0.1) is 0 Å². The lowest BCUT2D eigenvalue weighted by atomic mass is 10.2. The molecule has 2 N–H and O–H groups in total. The summed E-state index contributed by atoms with van der Waals surface area (Å²) in [6.45, 7) is 2.05. The van der Waals surface area contributed by atoms with Crippen LogP contribution in [-0.2, 0) is 4.79 Å². The van der Waals surface area contributed by atoms with Crippen LogP contribution >= 0.6 is 0 Å². The van der Waals surface area contributed by atoms with E-state index in [1.54, 1.807) is 0 Å². The van der Waals surface area contributed by atoms with Gasteiger partial charge in [-0.25, -0.2) is 0 Å². The predicted octanol–water partition coefficient (Wildman–Crippen LogP) is 0.304. The molecule has 0 aliphatic carbocycles. The molecule has 1 aromatic rings. The number of carbonyl (C=O) groups is 1. The zero-order chi connectivity index (χ0) is 12.4. The van der Waals surface area contributed by atoms with Gasteiger partial charge in [-0.3, -0.25) is 4.79 Å². The fraction of sp³-hybridized carbons (Fsp3) is 0.462. The highest BCUT2D eigenvalue weighted by atomic mass is 16.6. The van der Waals surface area contributed by atoms with Gasteiger partial charge in [0.25, 0.3) is 5.91 Å². The minimum atomic E-state index is -0.555. The number of amides is 1. The summed E-state index contributed by atoms with van der Waals surface area (Å²) in [5.74, 6) is 1.23. The molecule has 2 aliphatic rings. The molecular weight excluding hydrogens is 232 g/mol. The van der Waals surface area contributed by atoms with Crippen molar-refractivity contribution in [3.63, 3.8) is 0 Å². The lowest BCUT2D eigenvalue weighted by Crippen LogP contribution is -2.48. The lowest BCUT2D eigenvalue weighted by molar-refractivity contribution is -0.130. The van der Waals surface area contributed by atoms with Crippen LogP contribution in [-0.4, -0.2) is 37.7 Å². The van der Waals surface area contributed by atoms with Gasteiger partial charge in [-0.2, -0.15) is 0 Å². The Hall–Kier alpha value is -1.75. The highest BCUT2D eigenvalue weighted by molar-refractivity contribution is 5.82. The van der Waals surface area contributed by atoms with Crippen LogP contribution in [0.25, 0.3) is 0 Å². The van der Waals surface area contributed by atoms with Crippen LogP contribution in [0.1, 0.15) is 6.42 Å². The van der Waals surface area contributed by atoms with E-state index < -0.39 is 6.10 Å². The van der Waals surface area contributed by atoms with Gasteiger partial charge in [0.15, 0.2) is 11.5 Å². The van der Waals surface area contributed by atoms with Crippen molar-refractivity contribution in [1.82, 2.24) is 10.6 Å². The summed E-state index contributed by atoms with van der Waals surface area (Å²) in [7, 11) is 0. The third kappa shape index (κ3) is 2.26. The molecule has 0 saturated carbocycles. The van der Waals surface area contributed by atoms with E-state index in [4.69, 9.17) is 9.47 Å². The van der Waals surface area contributed by atoms with Crippen molar-refractivity contribution in [2.24, 2.45) is 0 Å². The first kappa shape index (κ1) is 11.3. The molecule has 0 radical (unpaired) electrons. The van der Waals surface area contributed by atoms with Gasteiger partial charge in [0, 0.05) is 12.6 Å². The second kappa shape index (κ2) is 4.86. The summed E-state index contributed by atoms with van der Waals surface area (Å²) >= 11 is 0. The van der Waals surface area contributed by atoms with Crippen LogP contribution in [0, 0.1) is 0 Å². The summed E-state index contributed by atoms with van der Waals surface area (Å²) in [6, 6.07) is 7.60. The topological polar surface area (TPSA) is 59.6 Å². The minimum absolute atomic E-state index is 0.0989. The van der Waals surface area contributed by atoms with E-state index in [0.717, 1.165) is 19.5 Å². The molecule has 3 rings (SSSR count). The molecule has 2 unspecified atom stereocenters. The van der Waals surface area contributed by atoms with Gasteiger partial charge in [-0.1, -0.05) is 12.1 Å². The maximum atomic E-state index is 12.0. The second-order valence-electron chi connectivity index (χ2n) is 4.56. The van der Waals surface area contributed by atoms with Crippen molar-refractivity contribution < 1.29 is 14.3 Å². The highest BCUT2D eigenvalue weighted by Gasteiger charge is 2.29. The molecule has 1 saturated heterocycles. The number of ether oxygens (including phenoxy) is 2. The van der Waals surface area contributed by atoms with E-state index in [9.17, 15) is 4.79 Å². The normalized spacial score (nSPS) is 25.8. The van der Waals surface area contributed by atoms with E-state index in [-0.39, 0.29) is 18.6 Å². The second-order valence-corrected chi connectivity index (χ2v) is 4.56. The zero-order valence-electron chi connectivity index (χ0n) is 10.0. The number of hydrogen-bond acceptors (Lipinski definition) is 4. The van der Waals surface area contributed by atoms with Crippen LogP contribution in [0.15, 0.2) is 24.3 Å². The van der Waals surface area contributed by atoms with Crippen molar-refractivity contribution in [2.45, 2.75) is 18.6 Å². The number of benzene rings is 1. The van der Waals surface area contributed by atoms with E-state index in [1.165, 1.54) is 0 Å². The third-order valence-corrected chi connectivity index (χ3v) is 3.21. The average molecular weight is 248 g/mol. The van der Waals surface area contributed by atoms with Gasteiger partial charge in [0.1, 0.15) is 6.61 Å². The molecule has 2 aliphatic heterocycles. The fourth-order valence-electron chi connectivity index (χ4n) is 2.22. The van der Waals surface area contributed by atoms with Crippen molar-refractivity contribution in [1.29, 1.82) is 0 Å². The van der Waals surface area contributed by atoms with Gasteiger partial charge in [-0.05, 0) is 25.1 Å². The first-order valence-corrected chi connectivity index (χ1v) is 6.22. The van der Waals surface area contributed by atoms with E-state index in [2.05, 4.69) is 10.6 Å². The van der Waals surface area contributed by atoms with Crippen LogP contribution in [0.5, 0.6) is 11.5 Å². The molecule has 0 aromatic heterocycles. The van der Waals surface area contributed by atoms with Crippen molar-refractivity contribution in [3.05, 3.63) is 24.3 Å². The largest absolute Gasteiger partial charge is 0.485 e. The van der Waals surface area contributed by atoms with E-state index >= 15 is 0 Å². The Kier molecular flexibility index (Phi) is 3.06. The Balaban J connectivity index is 1.62. The molecule has 0 bridgehead atoms. The summed E-state index contributed by atoms with van der Waals surface area (Å²) in [5, 5.41) is 6.18. The maximum Gasteiger partial charge on any atom is 0.264 e. The van der Waals surface area contributed by atoms with Gasteiger partial charge >= 0.3 is 0 Å². The molecule has 96 valence electrons. The Bertz CT molecular complexity index is 444. The molecular formula is C13H16N2O3. The number of carbonyl (C=O) groups excluding carboxylic acids is 1. The van der Waals surface area contributed by atoms with Crippen molar-refractivity contribution >= 4 is 5.91 Å². The van der Waals surface area contributed by atoms with E-state index in [1.807, 2.05) is 24.3 Å². The summed E-state index contributed by atoms with van der Waals surface area (Å²) in [4.78, 5) is 12.0. The van der Waals surface area contributed by atoms with Crippen LogP contribution in [0.3, 0.4) is 0 Å². The minimum Gasteiger partial charge on any atom is -0.485 e. The first-order valence-electron chi connectivity index (χ1n) is 6.22. The van der Waals surface area contributed by atoms with Crippen molar-refractivity contribution in [2.75, 3.05) is 19.7 Å². The molecule has 2 heterocycles. The number of nitrogens with one attached hydrogen (secondary N) is 2. The molecule has 5 nitrogen and oxygen atoms in total. The molecule has 1 aromatic carbocycles. The number of fused-ring (bicyclic) bond motifs is 1. The Morgan fingerprint density at radius 3 is 2.94 bits per heavy atom. The van der Waals surface area contributed by atoms with Gasteiger partial charge < -0.3 is 20.1 Å². The zero-order valence-corrected chi connectivity index (χ0v) is 10.0. The van der Waals surface area contributed by atoms with Gasteiger partial charge in [0.2, 0.25) is 6.10 Å². The fourth-order valence-corrected chi connectivity index (χ4v) is 2.22. The molecule has 1 fully saturated rings. The number of rotatable bonds is 2. The van der Waals surface area contributed by atoms with Gasteiger partial charge in [-0.15, -0.1) is 0 Å². The lowest BCUT2D eigenvalue weighted by Gasteiger charge is -2.26. The summed E-state index contributed by atoms with van der Waals surface area (Å²) < 4.78 is 11.2. The van der Waals surface area contributed by atoms with Crippen LogP contribution < -0.4 is 20.1 Å². The standard InChI is InChI=1S/C13H16N2O3/c16-13(15-9-5-6-14-7-9)12-8-17-10-3-1-2-4-11(10)18-12/h1-4,9,12,14H,5-8H2,(H,15,16). The SMILES string of the molecule is O=C(NC1CCNC1)C1COc2ccccc2O1. The molecule has 2 atom stereocenters. The number of para-hydroxylation sites is 2. The predicted molar refractivity (Wildman–Crippen MR) is 65.8 cm³/mol. The molecule has 1 amide bonds. The first-order chi connectivity index (χ1) is 8.83. The quantitative estimate of drug-likeness (QED) is 0.790. The highest BCUT2D eigenvalue weighted by Crippen LogP contribution is 2.30.